The van der Waals surface area contributed by atoms with E-state index < -0.39 is 0 Å². The highest BCUT2D eigenvalue weighted by Gasteiger charge is 2.07. The fourth-order valence-electron chi connectivity index (χ4n) is 1.99. The highest BCUT2D eigenvalue weighted by molar-refractivity contribution is 6.12. The molecule has 0 aliphatic heterocycles. The highest BCUT2D eigenvalue weighted by Crippen LogP contribution is 2.29. The first kappa shape index (κ1) is 8.29. The van der Waals surface area contributed by atoms with Crippen molar-refractivity contribution in [3.8, 4) is 0 Å². The smallest absolute Gasteiger partial charge is 0.138 e. The number of hydrogen-bond donors (Lipinski definition) is 2. The van der Waals surface area contributed by atoms with Gasteiger partial charge in [0.1, 0.15) is 5.65 Å². The van der Waals surface area contributed by atoms with Crippen LogP contribution in [0.5, 0.6) is 0 Å². The molecule has 0 fully saturated rings. The third-order valence-electron chi connectivity index (χ3n) is 2.66. The number of anilines is 1. The second-order valence-corrected chi connectivity index (χ2v) is 3.50. The summed E-state index contributed by atoms with van der Waals surface area (Å²) in [5.41, 5.74) is 3.19. The molecule has 74 valence electrons. The maximum absolute atomic E-state index is 4.31. The minimum absolute atomic E-state index is 0.940. The van der Waals surface area contributed by atoms with Crippen LogP contribution in [0.15, 0.2) is 36.5 Å². The molecule has 0 saturated heterocycles. The summed E-state index contributed by atoms with van der Waals surface area (Å²) in [6.45, 7) is 0. The first-order chi connectivity index (χ1) is 7.40. The Kier molecular flexibility index (Phi) is 1.65. The van der Waals surface area contributed by atoms with Gasteiger partial charge in [0.2, 0.25) is 0 Å². The van der Waals surface area contributed by atoms with Gasteiger partial charge >= 0.3 is 0 Å². The second kappa shape index (κ2) is 2.98. The van der Waals surface area contributed by atoms with E-state index in [1.54, 1.807) is 6.20 Å². The summed E-state index contributed by atoms with van der Waals surface area (Å²) in [5, 5.41) is 5.58. The van der Waals surface area contributed by atoms with Crippen LogP contribution in [0.25, 0.3) is 21.9 Å². The lowest BCUT2D eigenvalue weighted by Crippen LogP contribution is -1.87. The molecule has 0 aliphatic rings. The molecule has 3 aromatic rings. The van der Waals surface area contributed by atoms with Gasteiger partial charge in [0.05, 0.1) is 0 Å². The number of hydrogen-bond acceptors (Lipinski definition) is 2. The van der Waals surface area contributed by atoms with Crippen LogP contribution in [0.1, 0.15) is 0 Å². The van der Waals surface area contributed by atoms with Crippen molar-refractivity contribution in [1.29, 1.82) is 0 Å². The van der Waals surface area contributed by atoms with E-state index in [1.165, 1.54) is 5.39 Å². The number of pyridine rings is 1. The zero-order valence-corrected chi connectivity index (χ0v) is 8.41. The summed E-state index contributed by atoms with van der Waals surface area (Å²) in [7, 11) is 1.93. The normalized spacial score (nSPS) is 11.0. The Morgan fingerprint density at radius 3 is 3.00 bits per heavy atom. The van der Waals surface area contributed by atoms with Crippen molar-refractivity contribution in [3.05, 3.63) is 36.5 Å². The Morgan fingerprint density at radius 2 is 2.13 bits per heavy atom. The van der Waals surface area contributed by atoms with Gasteiger partial charge in [-0.25, -0.2) is 4.98 Å². The molecule has 3 rings (SSSR count). The minimum Gasteiger partial charge on any atom is -0.388 e. The van der Waals surface area contributed by atoms with Crippen LogP contribution in [0.4, 0.5) is 5.69 Å². The lowest BCUT2D eigenvalue weighted by atomic mass is 10.1. The standard InChI is InChI=1S/C12H11N3/c1-13-9-5-2-6-10-11(9)8-4-3-7-14-12(8)15-10/h2-7,13H,1H3,(H,14,15). The molecule has 3 heteroatoms. The molecule has 2 N–H and O–H groups in total. The largest absolute Gasteiger partial charge is 0.388 e. The van der Waals surface area contributed by atoms with E-state index in [0.717, 1.165) is 22.2 Å². The lowest BCUT2D eigenvalue weighted by molar-refractivity contribution is 1.35. The third kappa shape index (κ3) is 1.09. The Morgan fingerprint density at radius 1 is 1.20 bits per heavy atom. The minimum atomic E-state index is 0.940. The number of aromatic nitrogens is 2. The third-order valence-corrected chi connectivity index (χ3v) is 2.66. The molecule has 15 heavy (non-hydrogen) atoms. The number of nitrogens with one attached hydrogen (secondary N) is 2. The molecule has 0 amide bonds. The summed E-state index contributed by atoms with van der Waals surface area (Å²) < 4.78 is 0. The fraction of sp³-hybridized carbons (Fsp3) is 0.0833. The molecule has 0 radical (unpaired) electrons. The Hall–Kier alpha value is -2.03. The maximum Gasteiger partial charge on any atom is 0.138 e. The highest BCUT2D eigenvalue weighted by atomic mass is 14.9. The Bertz CT molecular complexity index is 625. The van der Waals surface area contributed by atoms with E-state index >= 15 is 0 Å². The monoisotopic (exact) mass is 197 g/mol. The topological polar surface area (TPSA) is 40.7 Å². The van der Waals surface area contributed by atoms with Gasteiger partial charge in [-0.3, -0.25) is 0 Å². The predicted octanol–water partition coefficient (Wildman–Crippen LogP) is 2.76. The maximum atomic E-state index is 4.31. The molecule has 2 heterocycles. The molecule has 3 nitrogen and oxygen atoms in total. The van der Waals surface area contributed by atoms with Crippen molar-refractivity contribution in [2.75, 3.05) is 12.4 Å². The van der Waals surface area contributed by atoms with Crippen molar-refractivity contribution in [2.45, 2.75) is 0 Å². The van der Waals surface area contributed by atoms with Crippen LogP contribution in [0.2, 0.25) is 0 Å². The average molecular weight is 197 g/mol. The van der Waals surface area contributed by atoms with Crippen LogP contribution in [-0.4, -0.2) is 17.0 Å². The lowest BCUT2D eigenvalue weighted by Gasteiger charge is -2.01. The van der Waals surface area contributed by atoms with E-state index in [2.05, 4.69) is 33.5 Å². The van der Waals surface area contributed by atoms with Crippen molar-refractivity contribution in [3.63, 3.8) is 0 Å². The molecule has 2 aromatic heterocycles. The van der Waals surface area contributed by atoms with Gasteiger partial charge in [-0.15, -0.1) is 0 Å². The molecule has 0 unspecified atom stereocenters. The van der Waals surface area contributed by atoms with Crippen molar-refractivity contribution in [2.24, 2.45) is 0 Å². The van der Waals surface area contributed by atoms with Crippen LogP contribution in [0.3, 0.4) is 0 Å². The zero-order chi connectivity index (χ0) is 10.3. The van der Waals surface area contributed by atoms with Gasteiger partial charge in [0.25, 0.3) is 0 Å². The first-order valence-electron chi connectivity index (χ1n) is 4.93. The molecule has 0 saturated carbocycles. The van der Waals surface area contributed by atoms with E-state index in [1.807, 2.05) is 19.2 Å². The predicted molar refractivity (Wildman–Crippen MR) is 63.1 cm³/mol. The molecule has 0 atom stereocenters. The summed E-state index contributed by atoms with van der Waals surface area (Å²) in [6.07, 6.45) is 1.80. The van der Waals surface area contributed by atoms with Gasteiger partial charge in [-0.05, 0) is 24.3 Å². The van der Waals surface area contributed by atoms with E-state index in [-0.39, 0.29) is 0 Å². The molecular weight excluding hydrogens is 186 g/mol. The van der Waals surface area contributed by atoms with Crippen LogP contribution in [0, 0.1) is 0 Å². The van der Waals surface area contributed by atoms with Gasteiger partial charge < -0.3 is 10.3 Å². The fourth-order valence-corrected chi connectivity index (χ4v) is 1.99. The van der Waals surface area contributed by atoms with Gasteiger partial charge in [0, 0.05) is 35.2 Å². The summed E-state index contributed by atoms with van der Waals surface area (Å²) >= 11 is 0. The van der Waals surface area contributed by atoms with E-state index in [9.17, 15) is 0 Å². The zero-order valence-electron chi connectivity index (χ0n) is 8.41. The molecule has 0 spiro atoms. The van der Waals surface area contributed by atoms with Crippen LogP contribution in [-0.2, 0) is 0 Å². The number of rotatable bonds is 1. The van der Waals surface area contributed by atoms with Crippen LogP contribution >= 0.6 is 0 Å². The molecule has 0 aliphatic carbocycles. The van der Waals surface area contributed by atoms with Crippen molar-refractivity contribution >= 4 is 27.6 Å². The average Bonchev–Trinajstić information content (AvgIpc) is 2.67. The van der Waals surface area contributed by atoms with E-state index in [0.29, 0.717) is 0 Å². The number of nitrogens with zero attached hydrogens (tertiary/aromatic N) is 1. The summed E-state index contributed by atoms with van der Waals surface area (Å²) in [4.78, 5) is 7.61. The number of benzene rings is 1. The Balaban J connectivity index is 2.56. The summed E-state index contributed by atoms with van der Waals surface area (Å²) in [5.74, 6) is 0. The van der Waals surface area contributed by atoms with Gasteiger partial charge in [-0.1, -0.05) is 6.07 Å². The summed E-state index contributed by atoms with van der Waals surface area (Å²) in [6, 6.07) is 10.2. The quantitative estimate of drug-likeness (QED) is 0.629. The Labute approximate surface area is 87.1 Å². The molecule has 0 bridgehead atoms. The first-order valence-corrected chi connectivity index (χ1v) is 4.93. The second-order valence-electron chi connectivity index (χ2n) is 3.50. The van der Waals surface area contributed by atoms with Crippen molar-refractivity contribution in [1.82, 2.24) is 9.97 Å². The molecular formula is C12H11N3. The SMILES string of the molecule is CNc1cccc2[nH]c3ncccc3c12. The number of aromatic amines is 1. The molecule has 1 aromatic carbocycles. The van der Waals surface area contributed by atoms with Gasteiger partial charge in [-0.2, -0.15) is 0 Å². The number of H-pyrrole nitrogens is 1. The van der Waals surface area contributed by atoms with Crippen LogP contribution < -0.4 is 5.32 Å². The number of fused-ring (bicyclic) bond motifs is 3. The van der Waals surface area contributed by atoms with Crippen molar-refractivity contribution < 1.29 is 0 Å². The van der Waals surface area contributed by atoms with Gasteiger partial charge in [0.15, 0.2) is 0 Å². The van der Waals surface area contributed by atoms with E-state index in [4.69, 9.17) is 0 Å².